The van der Waals surface area contributed by atoms with Crippen LogP contribution >= 0.6 is 0 Å². The molecule has 1 unspecified atom stereocenters. The molecule has 1 amide bonds. The molecule has 4 aromatic heterocycles. The van der Waals surface area contributed by atoms with Crippen LogP contribution in [0.3, 0.4) is 0 Å². The Balaban J connectivity index is 1.16. The van der Waals surface area contributed by atoms with E-state index in [1.54, 1.807) is 48.0 Å². The molecule has 10 nitrogen and oxygen atoms in total. The van der Waals surface area contributed by atoms with Gasteiger partial charge < -0.3 is 23.1 Å². The van der Waals surface area contributed by atoms with Crippen molar-refractivity contribution in [2.45, 2.75) is 32.1 Å². The minimum atomic E-state index is -0.130. The van der Waals surface area contributed by atoms with Crippen molar-refractivity contribution in [3.8, 4) is 11.5 Å². The van der Waals surface area contributed by atoms with Gasteiger partial charge in [-0.1, -0.05) is 5.16 Å². The van der Waals surface area contributed by atoms with E-state index in [-0.39, 0.29) is 18.6 Å². The van der Waals surface area contributed by atoms with Gasteiger partial charge in [0.25, 0.3) is 11.8 Å². The minimum Gasteiger partial charge on any atom is -0.454 e. The molecule has 0 aliphatic carbocycles. The predicted octanol–water partition coefficient (Wildman–Crippen LogP) is 2.79. The molecule has 1 atom stereocenters. The average Bonchev–Trinajstić information content (AvgIpc) is 3.61. The number of carbonyl (C=O) groups excluding carboxylic acids is 1. The van der Waals surface area contributed by atoms with E-state index in [9.17, 15) is 4.79 Å². The fourth-order valence-corrected chi connectivity index (χ4v) is 3.67. The molecule has 1 aliphatic rings. The highest BCUT2D eigenvalue weighted by atomic mass is 16.5. The lowest BCUT2D eigenvalue weighted by Gasteiger charge is -2.31. The number of likely N-dealkylation sites (tertiary alicyclic amines) is 1. The largest absolute Gasteiger partial charge is 0.454 e. The van der Waals surface area contributed by atoms with Gasteiger partial charge in [-0.3, -0.25) is 9.78 Å². The van der Waals surface area contributed by atoms with E-state index in [2.05, 4.69) is 20.1 Å². The Morgan fingerprint density at radius 3 is 2.91 bits per heavy atom. The summed E-state index contributed by atoms with van der Waals surface area (Å²) in [6, 6.07) is 7.15. The van der Waals surface area contributed by atoms with E-state index in [1.165, 1.54) is 0 Å². The van der Waals surface area contributed by atoms with Gasteiger partial charge in [0.2, 0.25) is 0 Å². The molecule has 5 heterocycles. The second-order valence-corrected chi connectivity index (χ2v) is 7.58. The second kappa shape index (κ2) is 9.15. The lowest BCUT2D eigenvalue weighted by Crippen LogP contribution is -2.43. The molecule has 32 heavy (non-hydrogen) atoms. The Hall–Kier alpha value is -3.79. The number of pyridine rings is 1. The van der Waals surface area contributed by atoms with Crippen LogP contribution in [0.25, 0.3) is 11.5 Å². The van der Waals surface area contributed by atoms with Crippen LogP contribution in [-0.4, -0.2) is 54.7 Å². The molecule has 4 aromatic rings. The molecule has 0 spiro atoms. The van der Waals surface area contributed by atoms with Crippen molar-refractivity contribution in [1.29, 1.82) is 0 Å². The number of furan rings is 1. The van der Waals surface area contributed by atoms with Crippen LogP contribution in [0.1, 0.15) is 35.0 Å². The molecule has 1 fully saturated rings. The zero-order valence-electron chi connectivity index (χ0n) is 17.3. The number of hydrogen-bond donors (Lipinski definition) is 0. The normalized spacial score (nSPS) is 16.4. The number of nitrogens with zero attached hydrogens (tertiary/aromatic N) is 6. The van der Waals surface area contributed by atoms with E-state index in [0.717, 1.165) is 18.4 Å². The molecule has 0 bridgehead atoms. The van der Waals surface area contributed by atoms with Gasteiger partial charge in [0.05, 0.1) is 19.0 Å². The number of rotatable bonds is 7. The Labute approximate surface area is 183 Å². The number of carbonyl (C=O) groups is 1. The predicted molar refractivity (Wildman–Crippen MR) is 111 cm³/mol. The number of ether oxygens (including phenoxy) is 1. The fraction of sp³-hybridized carbons (Fsp3) is 0.318. The van der Waals surface area contributed by atoms with Gasteiger partial charge in [0.1, 0.15) is 12.4 Å². The minimum absolute atomic E-state index is 0.101. The molecule has 10 heteroatoms. The number of imidazole rings is 1. The first-order valence-electron chi connectivity index (χ1n) is 10.4. The fourth-order valence-electron chi connectivity index (χ4n) is 3.67. The van der Waals surface area contributed by atoms with Crippen LogP contribution in [0.4, 0.5) is 0 Å². The Bertz CT molecular complexity index is 1150. The van der Waals surface area contributed by atoms with Crippen molar-refractivity contribution in [3.05, 3.63) is 72.7 Å². The van der Waals surface area contributed by atoms with Crippen molar-refractivity contribution in [3.63, 3.8) is 0 Å². The summed E-state index contributed by atoms with van der Waals surface area (Å²) in [5.74, 6) is 1.81. The van der Waals surface area contributed by atoms with E-state index < -0.39 is 0 Å². The summed E-state index contributed by atoms with van der Waals surface area (Å²) in [6.45, 7) is 1.92. The SMILES string of the molecule is O=C(c1ccc(Cn2ccnc2)o1)N1CCCC(OCc2noc(-c3ccncc3)n2)C1. The molecule has 0 N–H and O–H groups in total. The standard InChI is InChI=1S/C22H22N6O4/c29-22(19-4-3-18(31-19)12-27-11-9-24-15-27)28-10-1-2-17(13-28)30-14-20-25-21(32-26-20)16-5-7-23-8-6-16/h3-9,11,15,17H,1-2,10,12-14H2. The van der Waals surface area contributed by atoms with E-state index in [1.807, 2.05) is 16.8 Å². The smallest absolute Gasteiger partial charge is 0.289 e. The molecule has 164 valence electrons. The monoisotopic (exact) mass is 434 g/mol. The third-order valence-corrected chi connectivity index (χ3v) is 5.28. The van der Waals surface area contributed by atoms with Crippen LogP contribution < -0.4 is 0 Å². The highest BCUT2D eigenvalue weighted by Gasteiger charge is 2.27. The topological polar surface area (TPSA) is 112 Å². The number of aromatic nitrogens is 5. The first kappa shape index (κ1) is 20.1. The molecule has 0 radical (unpaired) electrons. The maximum absolute atomic E-state index is 12.9. The maximum atomic E-state index is 12.9. The Kier molecular flexibility index (Phi) is 5.75. The Morgan fingerprint density at radius 2 is 2.06 bits per heavy atom. The van der Waals surface area contributed by atoms with Crippen LogP contribution in [-0.2, 0) is 17.9 Å². The summed E-state index contributed by atoms with van der Waals surface area (Å²) in [4.78, 5) is 27.0. The second-order valence-electron chi connectivity index (χ2n) is 7.58. The number of piperidine rings is 1. The first-order chi connectivity index (χ1) is 15.7. The third kappa shape index (κ3) is 4.59. The van der Waals surface area contributed by atoms with Gasteiger partial charge in [-0.05, 0) is 37.1 Å². The van der Waals surface area contributed by atoms with E-state index in [0.29, 0.717) is 42.9 Å². The van der Waals surface area contributed by atoms with Gasteiger partial charge in [-0.2, -0.15) is 4.98 Å². The van der Waals surface area contributed by atoms with Crippen molar-refractivity contribution >= 4 is 5.91 Å². The zero-order chi connectivity index (χ0) is 21.8. The quantitative estimate of drug-likeness (QED) is 0.436. The van der Waals surface area contributed by atoms with Gasteiger partial charge >= 0.3 is 0 Å². The molecule has 5 rings (SSSR count). The zero-order valence-corrected chi connectivity index (χ0v) is 17.3. The summed E-state index contributed by atoms with van der Waals surface area (Å²) < 4.78 is 18.9. The summed E-state index contributed by atoms with van der Waals surface area (Å²) in [5, 5.41) is 3.98. The van der Waals surface area contributed by atoms with E-state index >= 15 is 0 Å². The van der Waals surface area contributed by atoms with Gasteiger partial charge in [0, 0.05) is 43.4 Å². The van der Waals surface area contributed by atoms with Crippen molar-refractivity contribution in [2.75, 3.05) is 13.1 Å². The molecular weight excluding hydrogens is 412 g/mol. The molecule has 1 saturated heterocycles. The maximum Gasteiger partial charge on any atom is 0.289 e. The van der Waals surface area contributed by atoms with Gasteiger partial charge in [0.15, 0.2) is 11.6 Å². The summed E-state index contributed by atoms with van der Waals surface area (Å²) >= 11 is 0. The lowest BCUT2D eigenvalue weighted by molar-refractivity contribution is -0.0104. The molecule has 1 aliphatic heterocycles. The third-order valence-electron chi connectivity index (χ3n) is 5.28. The molecular formula is C22H22N6O4. The van der Waals surface area contributed by atoms with Crippen molar-refractivity contribution in [2.24, 2.45) is 0 Å². The van der Waals surface area contributed by atoms with Gasteiger partial charge in [-0.15, -0.1) is 0 Å². The molecule has 0 aromatic carbocycles. The summed E-state index contributed by atoms with van der Waals surface area (Å²) in [5.41, 5.74) is 0.805. The number of amides is 1. The van der Waals surface area contributed by atoms with Crippen molar-refractivity contribution < 1.29 is 18.5 Å². The summed E-state index contributed by atoms with van der Waals surface area (Å²) in [6.07, 6.45) is 10.2. The Morgan fingerprint density at radius 1 is 1.16 bits per heavy atom. The number of hydrogen-bond acceptors (Lipinski definition) is 8. The van der Waals surface area contributed by atoms with Crippen molar-refractivity contribution in [1.82, 2.24) is 29.6 Å². The van der Waals surface area contributed by atoms with Crippen LogP contribution in [0.2, 0.25) is 0 Å². The van der Waals surface area contributed by atoms with Gasteiger partial charge in [-0.25, -0.2) is 4.98 Å². The summed E-state index contributed by atoms with van der Waals surface area (Å²) in [7, 11) is 0. The first-order valence-corrected chi connectivity index (χ1v) is 10.4. The lowest BCUT2D eigenvalue weighted by atomic mass is 10.1. The highest BCUT2D eigenvalue weighted by Crippen LogP contribution is 2.20. The van der Waals surface area contributed by atoms with Crippen LogP contribution in [0.5, 0.6) is 0 Å². The highest BCUT2D eigenvalue weighted by molar-refractivity contribution is 5.91. The van der Waals surface area contributed by atoms with Crippen LogP contribution in [0, 0.1) is 0 Å². The van der Waals surface area contributed by atoms with E-state index in [4.69, 9.17) is 13.7 Å². The molecule has 0 saturated carbocycles. The average molecular weight is 434 g/mol. The van der Waals surface area contributed by atoms with Crippen LogP contribution in [0.15, 0.2) is 64.3 Å².